The highest BCUT2D eigenvalue weighted by molar-refractivity contribution is 5.91. The van der Waals surface area contributed by atoms with Gasteiger partial charge in [-0.15, -0.1) is 0 Å². The normalized spacial score (nSPS) is 23.8. The van der Waals surface area contributed by atoms with E-state index < -0.39 is 0 Å². The molecule has 0 aromatic carbocycles. The van der Waals surface area contributed by atoms with E-state index in [1.807, 2.05) is 0 Å². The van der Waals surface area contributed by atoms with Crippen LogP contribution in [0.3, 0.4) is 0 Å². The molecule has 0 bridgehead atoms. The summed E-state index contributed by atoms with van der Waals surface area (Å²) in [6.45, 7) is 3.34. The van der Waals surface area contributed by atoms with Gasteiger partial charge in [0.2, 0.25) is 0 Å². The van der Waals surface area contributed by atoms with E-state index in [-0.39, 0.29) is 5.91 Å². The van der Waals surface area contributed by atoms with Gasteiger partial charge in [0.1, 0.15) is 0 Å². The van der Waals surface area contributed by atoms with Crippen LogP contribution >= 0.6 is 0 Å². The van der Waals surface area contributed by atoms with Crippen LogP contribution in [0, 0.1) is 5.92 Å². The zero-order valence-electron chi connectivity index (χ0n) is 10.9. The number of furan rings is 1. The van der Waals surface area contributed by atoms with E-state index in [9.17, 15) is 4.79 Å². The molecule has 1 fully saturated rings. The van der Waals surface area contributed by atoms with Gasteiger partial charge >= 0.3 is 0 Å². The number of carbonyl (C=O) groups excluding carboxylic acids is 1. The summed E-state index contributed by atoms with van der Waals surface area (Å²) in [7, 11) is 0. The first-order chi connectivity index (χ1) is 8.77. The third-order valence-electron chi connectivity index (χ3n) is 3.50. The molecule has 0 aliphatic heterocycles. The second-order valence-corrected chi connectivity index (χ2v) is 4.90. The Balaban J connectivity index is 1.62. The van der Waals surface area contributed by atoms with E-state index in [2.05, 4.69) is 12.2 Å². The van der Waals surface area contributed by atoms with Crippen LogP contribution in [-0.2, 0) is 4.74 Å². The van der Waals surface area contributed by atoms with Gasteiger partial charge in [0.05, 0.1) is 19.0 Å². The number of hydrogen-bond acceptors (Lipinski definition) is 3. The summed E-state index contributed by atoms with van der Waals surface area (Å²) in [6, 6.07) is 3.36. The SMILES string of the molecule is CC1CCCCC1OCCNC(=O)c1ccco1. The van der Waals surface area contributed by atoms with Gasteiger partial charge in [-0.2, -0.15) is 0 Å². The minimum atomic E-state index is -0.180. The fraction of sp³-hybridized carbons (Fsp3) is 0.643. The maximum Gasteiger partial charge on any atom is 0.287 e. The number of ether oxygens (including phenoxy) is 1. The Morgan fingerprint density at radius 1 is 1.50 bits per heavy atom. The molecule has 2 atom stereocenters. The minimum absolute atomic E-state index is 0.180. The maximum atomic E-state index is 11.6. The van der Waals surface area contributed by atoms with Crippen molar-refractivity contribution >= 4 is 5.91 Å². The lowest BCUT2D eigenvalue weighted by atomic mass is 9.88. The largest absolute Gasteiger partial charge is 0.459 e. The van der Waals surface area contributed by atoms with Crippen molar-refractivity contribution in [3.63, 3.8) is 0 Å². The average molecular weight is 251 g/mol. The van der Waals surface area contributed by atoms with Gasteiger partial charge in [0.25, 0.3) is 5.91 Å². The first-order valence-corrected chi connectivity index (χ1v) is 6.70. The standard InChI is InChI=1S/C14H21NO3/c1-11-5-2-3-6-12(11)18-10-8-15-14(16)13-7-4-9-17-13/h4,7,9,11-12H,2-3,5-6,8,10H2,1H3,(H,15,16). The number of amides is 1. The Morgan fingerprint density at radius 3 is 3.06 bits per heavy atom. The first kappa shape index (κ1) is 13.1. The van der Waals surface area contributed by atoms with Crippen LogP contribution in [0.5, 0.6) is 0 Å². The molecule has 18 heavy (non-hydrogen) atoms. The first-order valence-electron chi connectivity index (χ1n) is 6.70. The highest BCUT2D eigenvalue weighted by atomic mass is 16.5. The second-order valence-electron chi connectivity index (χ2n) is 4.90. The van der Waals surface area contributed by atoms with Crippen LogP contribution in [0.4, 0.5) is 0 Å². The lowest BCUT2D eigenvalue weighted by Gasteiger charge is -2.28. The lowest BCUT2D eigenvalue weighted by Crippen LogP contribution is -2.31. The van der Waals surface area contributed by atoms with E-state index >= 15 is 0 Å². The molecule has 1 amide bonds. The van der Waals surface area contributed by atoms with Gasteiger partial charge in [-0.1, -0.05) is 19.8 Å². The van der Waals surface area contributed by atoms with Gasteiger partial charge in [-0.3, -0.25) is 4.79 Å². The molecule has 1 aliphatic rings. The van der Waals surface area contributed by atoms with Crippen molar-refractivity contribution in [2.75, 3.05) is 13.2 Å². The summed E-state index contributed by atoms with van der Waals surface area (Å²) < 4.78 is 10.8. The van der Waals surface area contributed by atoms with Crippen LogP contribution in [-0.4, -0.2) is 25.2 Å². The van der Waals surface area contributed by atoms with Crippen LogP contribution in [0.15, 0.2) is 22.8 Å². The molecular formula is C14H21NO3. The monoisotopic (exact) mass is 251 g/mol. The van der Waals surface area contributed by atoms with Crippen molar-refractivity contribution in [3.8, 4) is 0 Å². The smallest absolute Gasteiger partial charge is 0.287 e. The molecule has 0 saturated heterocycles. The summed E-state index contributed by atoms with van der Waals surface area (Å²) in [6.07, 6.45) is 6.83. The predicted octanol–water partition coefficient (Wildman–Crippen LogP) is 2.60. The molecular weight excluding hydrogens is 230 g/mol. The highest BCUT2D eigenvalue weighted by Crippen LogP contribution is 2.25. The Labute approximate surface area is 108 Å². The predicted molar refractivity (Wildman–Crippen MR) is 68.4 cm³/mol. The third-order valence-corrected chi connectivity index (χ3v) is 3.50. The molecule has 2 rings (SSSR count). The van der Waals surface area contributed by atoms with E-state index in [1.54, 1.807) is 12.1 Å². The van der Waals surface area contributed by atoms with Gasteiger partial charge < -0.3 is 14.5 Å². The van der Waals surface area contributed by atoms with E-state index in [4.69, 9.17) is 9.15 Å². The summed E-state index contributed by atoms with van der Waals surface area (Å²) in [5.74, 6) is 0.806. The Morgan fingerprint density at radius 2 is 2.33 bits per heavy atom. The quantitative estimate of drug-likeness (QED) is 0.818. The summed E-state index contributed by atoms with van der Waals surface area (Å²) in [5, 5.41) is 2.78. The topological polar surface area (TPSA) is 51.5 Å². The molecule has 1 aliphatic carbocycles. The van der Waals surface area contributed by atoms with Gasteiger partial charge in [-0.05, 0) is 30.9 Å². The van der Waals surface area contributed by atoms with E-state index in [0.717, 1.165) is 6.42 Å². The molecule has 1 aromatic rings. The number of hydrogen-bond donors (Lipinski definition) is 1. The van der Waals surface area contributed by atoms with Crippen molar-refractivity contribution in [3.05, 3.63) is 24.2 Å². The number of nitrogens with one attached hydrogen (secondary N) is 1. The molecule has 1 N–H and O–H groups in total. The summed E-state index contributed by atoms with van der Waals surface area (Å²) in [4.78, 5) is 11.6. The van der Waals surface area contributed by atoms with Crippen LogP contribution < -0.4 is 5.32 Å². The Kier molecular flexibility index (Phi) is 4.81. The van der Waals surface area contributed by atoms with Crippen molar-refractivity contribution < 1.29 is 13.9 Å². The van der Waals surface area contributed by atoms with Crippen molar-refractivity contribution in [2.24, 2.45) is 5.92 Å². The highest BCUT2D eigenvalue weighted by Gasteiger charge is 2.21. The fourth-order valence-electron chi connectivity index (χ4n) is 2.40. The minimum Gasteiger partial charge on any atom is -0.459 e. The molecule has 1 aromatic heterocycles. The van der Waals surface area contributed by atoms with Gasteiger partial charge in [0.15, 0.2) is 5.76 Å². The third kappa shape index (κ3) is 3.60. The zero-order valence-corrected chi connectivity index (χ0v) is 10.9. The summed E-state index contributed by atoms with van der Waals surface area (Å²) in [5.41, 5.74) is 0. The maximum absolute atomic E-state index is 11.6. The second kappa shape index (κ2) is 6.59. The Hall–Kier alpha value is -1.29. The number of carbonyl (C=O) groups is 1. The molecule has 2 unspecified atom stereocenters. The van der Waals surface area contributed by atoms with Crippen molar-refractivity contribution in [1.82, 2.24) is 5.32 Å². The van der Waals surface area contributed by atoms with E-state index in [1.165, 1.54) is 25.5 Å². The van der Waals surface area contributed by atoms with Gasteiger partial charge in [0, 0.05) is 6.54 Å². The molecule has 1 heterocycles. The lowest BCUT2D eigenvalue weighted by molar-refractivity contribution is -0.00300. The number of rotatable bonds is 5. The Bertz CT molecular complexity index is 361. The fourth-order valence-corrected chi connectivity index (χ4v) is 2.40. The average Bonchev–Trinajstić information content (AvgIpc) is 2.90. The van der Waals surface area contributed by atoms with Crippen LogP contribution in [0.25, 0.3) is 0 Å². The molecule has 1 saturated carbocycles. The molecule has 4 nitrogen and oxygen atoms in total. The molecule has 0 radical (unpaired) electrons. The summed E-state index contributed by atoms with van der Waals surface area (Å²) >= 11 is 0. The van der Waals surface area contributed by atoms with Crippen LogP contribution in [0.1, 0.15) is 43.2 Å². The molecule has 4 heteroatoms. The zero-order chi connectivity index (χ0) is 12.8. The van der Waals surface area contributed by atoms with E-state index in [0.29, 0.717) is 30.9 Å². The van der Waals surface area contributed by atoms with Crippen molar-refractivity contribution in [2.45, 2.75) is 38.7 Å². The molecule has 100 valence electrons. The molecule has 0 spiro atoms. The van der Waals surface area contributed by atoms with Crippen molar-refractivity contribution in [1.29, 1.82) is 0 Å². The van der Waals surface area contributed by atoms with Crippen LogP contribution in [0.2, 0.25) is 0 Å². The van der Waals surface area contributed by atoms with Gasteiger partial charge in [-0.25, -0.2) is 0 Å².